The summed E-state index contributed by atoms with van der Waals surface area (Å²) in [4.78, 5) is 15.7. The predicted molar refractivity (Wildman–Crippen MR) is 60.5 cm³/mol. The number of anilines is 1. The molecular formula is C9H13N3O2S. The van der Waals surface area contributed by atoms with Gasteiger partial charge in [0.1, 0.15) is 4.88 Å². The predicted octanol–water partition coefficient (Wildman–Crippen LogP) is 2.13. The number of hydrazone groups is 1. The summed E-state index contributed by atoms with van der Waals surface area (Å²) in [6.07, 6.45) is 1.48. The largest absolute Gasteiger partial charge is 0.462 e. The first-order valence-corrected chi connectivity index (χ1v) is 5.35. The van der Waals surface area contributed by atoms with Gasteiger partial charge >= 0.3 is 5.97 Å². The van der Waals surface area contributed by atoms with Gasteiger partial charge in [0, 0.05) is 5.71 Å². The molecule has 0 aliphatic rings. The van der Waals surface area contributed by atoms with Gasteiger partial charge in [0.25, 0.3) is 0 Å². The van der Waals surface area contributed by atoms with E-state index in [1.165, 1.54) is 17.5 Å². The number of rotatable bonds is 4. The molecule has 1 N–H and O–H groups in total. The lowest BCUT2D eigenvalue weighted by Crippen LogP contribution is -2.01. The summed E-state index contributed by atoms with van der Waals surface area (Å²) in [6.45, 7) is 5.87. The fourth-order valence-corrected chi connectivity index (χ4v) is 1.43. The van der Waals surface area contributed by atoms with Crippen LogP contribution in [0, 0.1) is 0 Å². The number of carbonyl (C=O) groups is 1. The van der Waals surface area contributed by atoms with Crippen LogP contribution in [0.5, 0.6) is 0 Å². The Morgan fingerprint density at radius 2 is 2.40 bits per heavy atom. The van der Waals surface area contributed by atoms with Gasteiger partial charge in [-0.25, -0.2) is 9.78 Å². The number of ether oxygens (including phenoxy) is 1. The molecule has 0 fully saturated rings. The number of esters is 1. The van der Waals surface area contributed by atoms with Crippen molar-refractivity contribution in [2.45, 2.75) is 20.8 Å². The molecule has 5 nitrogen and oxygen atoms in total. The van der Waals surface area contributed by atoms with E-state index in [4.69, 9.17) is 4.74 Å². The number of aromatic nitrogens is 1. The van der Waals surface area contributed by atoms with Crippen molar-refractivity contribution >= 4 is 28.1 Å². The van der Waals surface area contributed by atoms with E-state index in [1.807, 2.05) is 13.8 Å². The molecule has 0 unspecified atom stereocenters. The molecule has 1 aromatic rings. The van der Waals surface area contributed by atoms with Crippen LogP contribution in [0.3, 0.4) is 0 Å². The second-order valence-corrected chi connectivity index (χ2v) is 3.95. The van der Waals surface area contributed by atoms with Crippen LogP contribution >= 0.6 is 11.3 Å². The third-order valence-corrected chi connectivity index (χ3v) is 2.24. The van der Waals surface area contributed by atoms with E-state index >= 15 is 0 Å². The van der Waals surface area contributed by atoms with Crippen LogP contribution in [0.25, 0.3) is 0 Å². The van der Waals surface area contributed by atoms with Gasteiger partial charge in [-0.2, -0.15) is 5.10 Å². The molecule has 82 valence electrons. The molecule has 0 amide bonds. The smallest absolute Gasteiger partial charge is 0.350 e. The molecule has 0 bridgehead atoms. The molecule has 0 spiro atoms. The van der Waals surface area contributed by atoms with Crippen LogP contribution in [-0.4, -0.2) is 23.3 Å². The maximum absolute atomic E-state index is 11.3. The topological polar surface area (TPSA) is 63.6 Å². The maximum atomic E-state index is 11.3. The van der Waals surface area contributed by atoms with E-state index in [-0.39, 0.29) is 5.97 Å². The fraction of sp³-hybridized carbons (Fsp3) is 0.444. The van der Waals surface area contributed by atoms with Crippen LogP contribution in [0.2, 0.25) is 0 Å². The van der Waals surface area contributed by atoms with Crippen molar-refractivity contribution in [1.82, 2.24) is 4.98 Å². The minimum absolute atomic E-state index is 0.347. The number of carbonyl (C=O) groups excluding carboxylic acids is 1. The van der Waals surface area contributed by atoms with E-state index in [1.54, 1.807) is 6.92 Å². The van der Waals surface area contributed by atoms with Gasteiger partial charge in [-0.3, -0.25) is 5.43 Å². The Morgan fingerprint density at radius 1 is 1.67 bits per heavy atom. The van der Waals surface area contributed by atoms with Crippen LogP contribution in [0.15, 0.2) is 11.3 Å². The average Bonchev–Trinajstić information content (AvgIpc) is 2.63. The Labute approximate surface area is 92.2 Å². The summed E-state index contributed by atoms with van der Waals surface area (Å²) in [7, 11) is 0. The Hall–Kier alpha value is -1.43. The molecule has 6 heteroatoms. The summed E-state index contributed by atoms with van der Waals surface area (Å²) in [5.74, 6) is -0.347. The molecule has 0 saturated heterocycles. The van der Waals surface area contributed by atoms with Crippen molar-refractivity contribution < 1.29 is 9.53 Å². The fourth-order valence-electron chi connectivity index (χ4n) is 0.782. The third kappa shape index (κ3) is 3.67. The average molecular weight is 227 g/mol. The van der Waals surface area contributed by atoms with Gasteiger partial charge in [0.2, 0.25) is 5.13 Å². The highest BCUT2D eigenvalue weighted by Crippen LogP contribution is 2.18. The number of nitrogens with zero attached hydrogens (tertiary/aromatic N) is 2. The lowest BCUT2D eigenvalue weighted by atomic mass is 10.5. The molecule has 1 heterocycles. The lowest BCUT2D eigenvalue weighted by Gasteiger charge is -1.96. The normalized spacial score (nSPS) is 9.53. The summed E-state index contributed by atoms with van der Waals surface area (Å²) in [5, 5.41) is 4.56. The summed E-state index contributed by atoms with van der Waals surface area (Å²) in [5.41, 5.74) is 3.64. The van der Waals surface area contributed by atoms with E-state index < -0.39 is 0 Å². The molecule has 1 aromatic heterocycles. The molecule has 0 radical (unpaired) electrons. The van der Waals surface area contributed by atoms with E-state index in [9.17, 15) is 4.79 Å². The molecule has 1 rings (SSSR count). The standard InChI is InChI=1S/C9H13N3O2S/c1-4-14-8(13)7-5-10-9(15-7)12-11-6(2)3/h5H,4H2,1-3H3,(H,10,12). The van der Waals surface area contributed by atoms with Gasteiger partial charge in [-0.15, -0.1) is 0 Å². The van der Waals surface area contributed by atoms with Gasteiger partial charge in [-0.05, 0) is 20.8 Å². The van der Waals surface area contributed by atoms with Crippen molar-refractivity contribution in [3.05, 3.63) is 11.1 Å². The maximum Gasteiger partial charge on any atom is 0.350 e. The highest BCUT2D eigenvalue weighted by atomic mass is 32.1. The Kier molecular flexibility index (Phi) is 4.23. The quantitative estimate of drug-likeness (QED) is 0.486. The monoisotopic (exact) mass is 227 g/mol. The SMILES string of the molecule is CCOC(=O)c1cnc(NN=C(C)C)s1. The molecule has 15 heavy (non-hydrogen) atoms. The lowest BCUT2D eigenvalue weighted by molar-refractivity contribution is 0.0532. The highest BCUT2D eigenvalue weighted by Gasteiger charge is 2.10. The summed E-state index contributed by atoms with van der Waals surface area (Å²) < 4.78 is 4.83. The Bertz CT molecular complexity index is 369. The van der Waals surface area contributed by atoms with Crippen molar-refractivity contribution in [2.24, 2.45) is 5.10 Å². The van der Waals surface area contributed by atoms with Gasteiger partial charge in [0.15, 0.2) is 0 Å². The first-order chi connectivity index (χ1) is 7.13. The summed E-state index contributed by atoms with van der Waals surface area (Å²) >= 11 is 1.22. The highest BCUT2D eigenvalue weighted by molar-refractivity contribution is 7.17. The second kappa shape index (κ2) is 5.45. The van der Waals surface area contributed by atoms with Gasteiger partial charge < -0.3 is 4.74 Å². The minimum atomic E-state index is -0.347. The first kappa shape index (κ1) is 11.6. The van der Waals surface area contributed by atoms with Crippen LogP contribution in [-0.2, 0) is 4.74 Å². The van der Waals surface area contributed by atoms with Crippen LogP contribution < -0.4 is 5.43 Å². The molecule has 0 saturated carbocycles. The van der Waals surface area contributed by atoms with Crippen molar-refractivity contribution in [2.75, 3.05) is 12.0 Å². The Morgan fingerprint density at radius 3 is 3.00 bits per heavy atom. The van der Waals surface area contributed by atoms with Gasteiger partial charge in [0.05, 0.1) is 12.8 Å². The van der Waals surface area contributed by atoms with E-state index in [0.717, 1.165) is 5.71 Å². The number of nitrogens with one attached hydrogen (secondary N) is 1. The molecule has 0 aromatic carbocycles. The minimum Gasteiger partial charge on any atom is -0.462 e. The van der Waals surface area contributed by atoms with Crippen LogP contribution in [0.4, 0.5) is 5.13 Å². The van der Waals surface area contributed by atoms with Crippen LogP contribution in [0.1, 0.15) is 30.4 Å². The van der Waals surface area contributed by atoms with Crippen molar-refractivity contribution in [3.63, 3.8) is 0 Å². The second-order valence-electron chi connectivity index (χ2n) is 2.92. The van der Waals surface area contributed by atoms with Crippen molar-refractivity contribution in [1.29, 1.82) is 0 Å². The number of hydrogen-bond acceptors (Lipinski definition) is 6. The third-order valence-electron chi connectivity index (χ3n) is 1.36. The zero-order valence-corrected chi connectivity index (χ0v) is 9.72. The van der Waals surface area contributed by atoms with E-state index in [2.05, 4.69) is 15.5 Å². The van der Waals surface area contributed by atoms with E-state index in [0.29, 0.717) is 16.6 Å². The van der Waals surface area contributed by atoms with Gasteiger partial charge in [-0.1, -0.05) is 11.3 Å². The molecule has 0 atom stereocenters. The number of thiazole rings is 1. The molecule has 0 aliphatic heterocycles. The molecular weight excluding hydrogens is 214 g/mol. The Balaban J connectivity index is 2.64. The first-order valence-electron chi connectivity index (χ1n) is 4.53. The molecule has 0 aliphatic carbocycles. The van der Waals surface area contributed by atoms with Crippen molar-refractivity contribution in [3.8, 4) is 0 Å². The number of hydrogen-bond donors (Lipinski definition) is 1. The summed E-state index contributed by atoms with van der Waals surface area (Å²) in [6, 6.07) is 0. The zero-order chi connectivity index (χ0) is 11.3. The zero-order valence-electron chi connectivity index (χ0n) is 8.90.